The molecule has 0 amide bonds. The average Bonchev–Trinajstić information content (AvgIpc) is 2.83. The number of nitrogens with zero attached hydrogens (tertiary/aromatic N) is 3. The van der Waals surface area contributed by atoms with Gasteiger partial charge >= 0.3 is 0 Å². The SMILES string of the molecule is CCC(C)(C)c1nncn1C1CC1. The van der Waals surface area contributed by atoms with Crippen molar-refractivity contribution in [2.75, 3.05) is 0 Å². The number of hydrogen-bond donors (Lipinski definition) is 0. The first kappa shape index (κ1) is 8.73. The van der Waals surface area contributed by atoms with Crippen molar-refractivity contribution in [2.24, 2.45) is 0 Å². The van der Waals surface area contributed by atoms with E-state index >= 15 is 0 Å². The topological polar surface area (TPSA) is 30.7 Å². The van der Waals surface area contributed by atoms with Crippen LogP contribution in [0.1, 0.15) is 51.9 Å². The highest BCUT2D eigenvalue weighted by atomic mass is 15.3. The molecule has 0 unspecified atom stereocenters. The molecule has 1 saturated carbocycles. The molecule has 0 atom stereocenters. The molecular weight excluding hydrogens is 162 g/mol. The quantitative estimate of drug-likeness (QED) is 0.712. The molecule has 1 fully saturated rings. The van der Waals surface area contributed by atoms with Crippen molar-refractivity contribution < 1.29 is 0 Å². The maximum absolute atomic E-state index is 4.23. The van der Waals surface area contributed by atoms with Gasteiger partial charge in [0, 0.05) is 11.5 Å². The predicted molar refractivity (Wildman–Crippen MR) is 51.6 cm³/mol. The van der Waals surface area contributed by atoms with E-state index in [1.54, 1.807) is 0 Å². The Labute approximate surface area is 79.2 Å². The van der Waals surface area contributed by atoms with Crippen LogP contribution in [0.15, 0.2) is 6.33 Å². The second kappa shape index (κ2) is 2.82. The molecule has 0 spiro atoms. The summed E-state index contributed by atoms with van der Waals surface area (Å²) >= 11 is 0. The number of aromatic nitrogens is 3. The summed E-state index contributed by atoms with van der Waals surface area (Å²) in [6, 6.07) is 0.691. The third-order valence-corrected chi connectivity index (χ3v) is 3.00. The monoisotopic (exact) mass is 179 g/mol. The van der Waals surface area contributed by atoms with Gasteiger partial charge in [0.2, 0.25) is 0 Å². The first-order valence-electron chi connectivity index (χ1n) is 5.05. The van der Waals surface area contributed by atoms with Gasteiger partial charge in [-0.1, -0.05) is 20.8 Å². The lowest BCUT2D eigenvalue weighted by atomic mass is 9.89. The molecule has 1 aliphatic carbocycles. The van der Waals surface area contributed by atoms with E-state index < -0.39 is 0 Å². The highest BCUT2D eigenvalue weighted by Crippen LogP contribution is 2.38. The Morgan fingerprint density at radius 2 is 2.23 bits per heavy atom. The minimum atomic E-state index is 0.166. The van der Waals surface area contributed by atoms with E-state index in [2.05, 4.69) is 35.5 Å². The minimum absolute atomic E-state index is 0.166. The second-order valence-corrected chi connectivity index (χ2v) is 4.53. The molecular formula is C10H17N3. The van der Waals surface area contributed by atoms with Crippen LogP contribution in [0.4, 0.5) is 0 Å². The van der Waals surface area contributed by atoms with Crippen molar-refractivity contribution in [3.05, 3.63) is 12.2 Å². The fourth-order valence-corrected chi connectivity index (χ4v) is 1.51. The predicted octanol–water partition coefficient (Wildman–Crippen LogP) is 2.30. The van der Waals surface area contributed by atoms with Gasteiger partial charge in [-0.05, 0) is 19.3 Å². The highest BCUT2D eigenvalue weighted by molar-refractivity contribution is 5.06. The van der Waals surface area contributed by atoms with Crippen LogP contribution >= 0.6 is 0 Å². The molecule has 1 aliphatic rings. The van der Waals surface area contributed by atoms with E-state index in [0.717, 1.165) is 12.2 Å². The van der Waals surface area contributed by atoms with Crippen LogP contribution in [-0.2, 0) is 5.41 Å². The van der Waals surface area contributed by atoms with Crippen molar-refractivity contribution in [3.8, 4) is 0 Å². The molecule has 1 heterocycles. The van der Waals surface area contributed by atoms with Crippen LogP contribution in [0.5, 0.6) is 0 Å². The van der Waals surface area contributed by atoms with Crippen LogP contribution in [0.3, 0.4) is 0 Å². The molecule has 1 aromatic heterocycles. The summed E-state index contributed by atoms with van der Waals surface area (Å²) in [5.41, 5.74) is 0.166. The van der Waals surface area contributed by atoms with E-state index in [1.165, 1.54) is 12.8 Å². The van der Waals surface area contributed by atoms with Gasteiger partial charge in [-0.15, -0.1) is 10.2 Å². The van der Waals surface area contributed by atoms with Gasteiger partial charge in [-0.25, -0.2) is 0 Å². The molecule has 0 N–H and O–H groups in total. The third-order valence-electron chi connectivity index (χ3n) is 3.00. The Hall–Kier alpha value is -0.860. The second-order valence-electron chi connectivity index (χ2n) is 4.53. The first-order chi connectivity index (χ1) is 6.15. The van der Waals surface area contributed by atoms with Crippen molar-refractivity contribution in [2.45, 2.75) is 51.5 Å². The van der Waals surface area contributed by atoms with Gasteiger partial charge in [0.15, 0.2) is 0 Å². The van der Waals surface area contributed by atoms with Gasteiger partial charge in [-0.2, -0.15) is 0 Å². The van der Waals surface area contributed by atoms with Gasteiger partial charge in [0.05, 0.1) is 0 Å². The first-order valence-corrected chi connectivity index (χ1v) is 5.05. The van der Waals surface area contributed by atoms with Crippen LogP contribution in [0.25, 0.3) is 0 Å². The fourth-order valence-electron chi connectivity index (χ4n) is 1.51. The Balaban J connectivity index is 2.33. The third kappa shape index (κ3) is 1.47. The smallest absolute Gasteiger partial charge is 0.138 e. The van der Waals surface area contributed by atoms with E-state index in [0.29, 0.717) is 6.04 Å². The lowest BCUT2D eigenvalue weighted by molar-refractivity contribution is 0.443. The highest BCUT2D eigenvalue weighted by Gasteiger charge is 2.31. The van der Waals surface area contributed by atoms with E-state index in [9.17, 15) is 0 Å². The summed E-state index contributed by atoms with van der Waals surface area (Å²) in [6.45, 7) is 6.66. The standard InChI is InChI=1S/C10H17N3/c1-4-10(2,3)9-12-11-7-13(9)8-5-6-8/h7-8H,4-6H2,1-3H3. The molecule has 0 bridgehead atoms. The van der Waals surface area contributed by atoms with Gasteiger partial charge in [0.25, 0.3) is 0 Å². The maximum Gasteiger partial charge on any atom is 0.138 e. The summed E-state index contributed by atoms with van der Waals surface area (Å²) in [7, 11) is 0. The van der Waals surface area contributed by atoms with Crippen molar-refractivity contribution in [3.63, 3.8) is 0 Å². The zero-order valence-electron chi connectivity index (χ0n) is 8.62. The van der Waals surface area contributed by atoms with Crippen molar-refractivity contribution >= 4 is 0 Å². The summed E-state index contributed by atoms with van der Waals surface area (Å²) in [5, 5.41) is 8.24. The molecule has 0 aromatic carbocycles. The van der Waals surface area contributed by atoms with Crippen LogP contribution in [0.2, 0.25) is 0 Å². The molecule has 72 valence electrons. The average molecular weight is 179 g/mol. The normalized spacial score (nSPS) is 17.8. The Kier molecular flexibility index (Phi) is 1.90. The van der Waals surface area contributed by atoms with Crippen LogP contribution < -0.4 is 0 Å². The fraction of sp³-hybridized carbons (Fsp3) is 0.800. The van der Waals surface area contributed by atoms with Gasteiger partial charge in [0.1, 0.15) is 12.2 Å². The van der Waals surface area contributed by atoms with Crippen LogP contribution in [0, 0.1) is 0 Å². The maximum atomic E-state index is 4.23. The minimum Gasteiger partial charge on any atom is -0.314 e. The lowest BCUT2D eigenvalue weighted by Gasteiger charge is -2.22. The Bertz CT molecular complexity index is 297. The summed E-state index contributed by atoms with van der Waals surface area (Å²) in [6.07, 6.45) is 5.58. The van der Waals surface area contributed by atoms with E-state index in [-0.39, 0.29) is 5.41 Å². The van der Waals surface area contributed by atoms with Crippen LogP contribution in [-0.4, -0.2) is 14.8 Å². The molecule has 3 heteroatoms. The Morgan fingerprint density at radius 3 is 2.77 bits per heavy atom. The van der Waals surface area contributed by atoms with Crippen molar-refractivity contribution in [1.82, 2.24) is 14.8 Å². The number of hydrogen-bond acceptors (Lipinski definition) is 2. The molecule has 2 rings (SSSR count). The zero-order chi connectivity index (χ0) is 9.47. The molecule has 0 saturated heterocycles. The molecule has 0 aliphatic heterocycles. The van der Waals surface area contributed by atoms with Crippen molar-refractivity contribution in [1.29, 1.82) is 0 Å². The van der Waals surface area contributed by atoms with Gasteiger partial charge in [-0.3, -0.25) is 0 Å². The summed E-state index contributed by atoms with van der Waals surface area (Å²) in [5.74, 6) is 1.15. The Morgan fingerprint density at radius 1 is 1.54 bits per heavy atom. The lowest BCUT2D eigenvalue weighted by Crippen LogP contribution is -2.21. The molecule has 13 heavy (non-hydrogen) atoms. The zero-order valence-corrected chi connectivity index (χ0v) is 8.62. The molecule has 0 radical (unpaired) electrons. The number of rotatable bonds is 3. The van der Waals surface area contributed by atoms with E-state index in [4.69, 9.17) is 0 Å². The summed E-state index contributed by atoms with van der Waals surface area (Å²) in [4.78, 5) is 0. The summed E-state index contributed by atoms with van der Waals surface area (Å²) < 4.78 is 2.25. The molecule has 3 nitrogen and oxygen atoms in total. The van der Waals surface area contributed by atoms with E-state index in [1.807, 2.05) is 6.33 Å². The van der Waals surface area contributed by atoms with Gasteiger partial charge < -0.3 is 4.57 Å². The molecule has 1 aromatic rings. The largest absolute Gasteiger partial charge is 0.314 e.